The van der Waals surface area contributed by atoms with Crippen LogP contribution in [0.2, 0.25) is 5.02 Å². The van der Waals surface area contributed by atoms with Crippen LogP contribution in [0.25, 0.3) is 0 Å². The van der Waals surface area contributed by atoms with Crippen molar-refractivity contribution in [1.82, 2.24) is 10.3 Å². The van der Waals surface area contributed by atoms with Crippen molar-refractivity contribution >= 4 is 17.4 Å². The van der Waals surface area contributed by atoms with Crippen LogP contribution in [-0.4, -0.2) is 36.8 Å². The normalized spacial score (nSPS) is 12.0. The van der Waals surface area contributed by atoms with E-state index in [9.17, 15) is 0 Å². The van der Waals surface area contributed by atoms with Crippen molar-refractivity contribution in [2.24, 2.45) is 0 Å². The molecule has 0 fully saturated rings. The van der Waals surface area contributed by atoms with Gasteiger partial charge in [-0.1, -0.05) is 11.6 Å². The molecule has 120 valence electrons. The number of nitrogens with one attached hydrogen (secondary N) is 1. The fourth-order valence-corrected chi connectivity index (χ4v) is 2.24. The van der Waals surface area contributed by atoms with Crippen LogP contribution in [0.1, 0.15) is 40.2 Å². The van der Waals surface area contributed by atoms with E-state index in [4.69, 9.17) is 16.3 Å². The maximum absolute atomic E-state index is 6.42. The highest BCUT2D eigenvalue weighted by Gasteiger charge is 2.16. The SMILES string of the molecule is COCCN(c1ncc(CNC(C)(C)C)cc1Cl)C(C)C. The molecule has 0 aliphatic rings. The number of halogens is 1. The van der Waals surface area contributed by atoms with Crippen LogP contribution in [0.5, 0.6) is 0 Å². The molecule has 21 heavy (non-hydrogen) atoms. The molecule has 0 radical (unpaired) electrons. The van der Waals surface area contributed by atoms with E-state index in [2.05, 4.69) is 49.8 Å². The minimum absolute atomic E-state index is 0.0770. The molecule has 4 nitrogen and oxygen atoms in total. The molecule has 0 bridgehead atoms. The van der Waals surface area contributed by atoms with Crippen LogP contribution in [0.4, 0.5) is 5.82 Å². The molecule has 0 unspecified atom stereocenters. The lowest BCUT2D eigenvalue weighted by Gasteiger charge is -2.28. The molecular weight excluding hydrogens is 286 g/mol. The molecule has 0 atom stereocenters. The first kappa shape index (κ1) is 18.2. The van der Waals surface area contributed by atoms with E-state index in [1.54, 1.807) is 7.11 Å². The summed E-state index contributed by atoms with van der Waals surface area (Å²) in [4.78, 5) is 6.71. The Morgan fingerprint density at radius 2 is 2.05 bits per heavy atom. The number of aromatic nitrogens is 1. The predicted octanol–water partition coefficient (Wildman–Crippen LogP) is 3.48. The molecule has 1 heterocycles. The number of methoxy groups -OCH3 is 1. The van der Waals surface area contributed by atoms with Crippen molar-refractivity contribution < 1.29 is 4.74 Å². The second-order valence-electron chi connectivity index (χ2n) is 6.53. The van der Waals surface area contributed by atoms with Crippen LogP contribution >= 0.6 is 11.6 Å². The Hall–Kier alpha value is -0.840. The van der Waals surface area contributed by atoms with Crippen LogP contribution < -0.4 is 10.2 Å². The molecule has 0 spiro atoms. The van der Waals surface area contributed by atoms with E-state index in [0.717, 1.165) is 24.5 Å². The van der Waals surface area contributed by atoms with Crippen LogP contribution in [0.3, 0.4) is 0 Å². The highest BCUT2D eigenvalue weighted by atomic mass is 35.5. The number of pyridine rings is 1. The van der Waals surface area contributed by atoms with Crippen molar-refractivity contribution in [3.8, 4) is 0 Å². The van der Waals surface area contributed by atoms with Gasteiger partial charge in [0.25, 0.3) is 0 Å². The molecule has 0 aliphatic carbocycles. The molecule has 0 saturated heterocycles. The van der Waals surface area contributed by atoms with Gasteiger partial charge in [0.15, 0.2) is 0 Å². The van der Waals surface area contributed by atoms with Crippen LogP contribution in [0.15, 0.2) is 12.3 Å². The van der Waals surface area contributed by atoms with E-state index >= 15 is 0 Å². The lowest BCUT2D eigenvalue weighted by molar-refractivity contribution is 0.203. The quantitative estimate of drug-likeness (QED) is 0.836. The number of hydrogen-bond donors (Lipinski definition) is 1. The standard InChI is InChI=1S/C16H28ClN3O/c1-12(2)20(7-8-21-6)15-14(17)9-13(10-18-15)11-19-16(3,4)5/h9-10,12,19H,7-8,11H2,1-6H3. The Balaban J connectivity index is 2.84. The zero-order valence-corrected chi connectivity index (χ0v) is 14.8. The summed E-state index contributed by atoms with van der Waals surface area (Å²) in [5.41, 5.74) is 1.17. The molecule has 1 aromatic heterocycles. The molecule has 1 N–H and O–H groups in total. The summed E-state index contributed by atoms with van der Waals surface area (Å²) in [7, 11) is 1.70. The zero-order chi connectivity index (χ0) is 16.0. The van der Waals surface area contributed by atoms with Gasteiger partial charge in [-0.2, -0.15) is 0 Å². The van der Waals surface area contributed by atoms with Gasteiger partial charge in [-0.05, 0) is 46.2 Å². The van der Waals surface area contributed by atoms with E-state index < -0.39 is 0 Å². The van der Waals surface area contributed by atoms with Crippen molar-refractivity contribution in [2.75, 3.05) is 25.2 Å². The highest BCUT2D eigenvalue weighted by Crippen LogP contribution is 2.25. The summed E-state index contributed by atoms with van der Waals surface area (Å²) in [6, 6.07) is 2.31. The Labute approximate surface area is 133 Å². The molecule has 1 rings (SSSR count). The fraction of sp³-hybridized carbons (Fsp3) is 0.688. The van der Waals surface area contributed by atoms with E-state index in [-0.39, 0.29) is 5.54 Å². The van der Waals surface area contributed by atoms with Crippen molar-refractivity contribution in [3.05, 3.63) is 22.8 Å². The first-order chi connectivity index (χ1) is 9.74. The van der Waals surface area contributed by atoms with Gasteiger partial charge in [0.1, 0.15) is 5.82 Å². The number of anilines is 1. The van der Waals surface area contributed by atoms with E-state index in [1.807, 2.05) is 12.3 Å². The molecule has 5 heteroatoms. The fourth-order valence-electron chi connectivity index (χ4n) is 1.94. The zero-order valence-electron chi connectivity index (χ0n) is 14.0. The van der Waals surface area contributed by atoms with Gasteiger partial charge in [-0.15, -0.1) is 0 Å². The lowest BCUT2D eigenvalue weighted by atomic mass is 10.1. The minimum Gasteiger partial charge on any atom is -0.383 e. The van der Waals surface area contributed by atoms with Gasteiger partial charge in [-0.25, -0.2) is 4.98 Å². The average molecular weight is 314 g/mol. The Bertz CT molecular complexity index is 444. The van der Waals surface area contributed by atoms with E-state index in [0.29, 0.717) is 17.7 Å². The van der Waals surface area contributed by atoms with Crippen molar-refractivity contribution in [3.63, 3.8) is 0 Å². The summed E-state index contributed by atoms with van der Waals surface area (Å²) in [5, 5.41) is 4.13. The Kier molecular flexibility index (Phi) is 6.91. The average Bonchev–Trinajstić information content (AvgIpc) is 2.37. The number of hydrogen-bond acceptors (Lipinski definition) is 4. The number of rotatable bonds is 7. The molecule has 0 saturated carbocycles. The van der Waals surface area contributed by atoms with Gasteiger partial charge in [0.2, 0.25) is 0 Å². The summed E-state index contributed by atoms with van der Waals surface area (Å²) >= 11 is 6.42. The minimum atomic E-state index is 0.0770. The van der Waals surface area contributed by atoms with Crippen molar-refractivity contribution in [1.29, 1.82) is 0 Å². The largest absolute Gasteiger partial charge is 0.383 e. The molecular formula is C16H28ClN3O. The van der Waals surface area contributed by atoms with Gasteiger partial charge in [0, 0.05) is 38.0 Å². The van der Waals surface area contributed by atoms with Gasteiger partial charge in [0.05, 0.1) is 11.6 Å². The van der Waals surface area contributed by atoms with E-state index in [1.165, 1.54) is 0 Å². The second-order valence-corrected chi connectivity index (χ2v) is 6.94. The molecule has 0 amide bonds. The van der Waals surface area contributed by atoms with Gasteiger partial charge in [-0.3, -0.25) is 0 Å². The predicted molar refractivity (Wildman–Crippen MR) is 90.2 cm³/mol. The second kappa shape index (κ2) is 7.97. The summed E-state index contributed by atoms with van der Waals surface area (Å²) in [6.07, 6.45) is 1.89. The topological polar surface area (TPSA) is 37.4 Å². The first-order valence-corrected chi connectivity index (χ1v) is 7.77. The third-order valence-electron chi connectivity index (χ3n) is 3.13. The maximum Gasteiger partial charge on any atom is 0.147 e. The molecule has 0 aromatic carbocycles. The van der Waals surface area contributed by atoms with Crippen LogP contribution in [-0.2, 0) is 11.3 Å². The number of nitrogens with zero attached hydrogens (tertiary/aromatic N) is 2. The Morgan fingerprint density at radius 3 is 2.52 bits per heavy atom. The third-order valence-corrected chi connectivity index (χ3v) is 3.41. The summed E-state index contributed by atoms with van der Waals surface area (Å²) in [5.74, 6) is 0.822. The van der Waals surface area contributed by atoms with Gasteiger partial charge >= 0.3 is 0 Å². The maximum atomic E-state index is 6.42. The smallest absolute Gasteiger partial charge is 0.147 e. The summed E-state index contributed by atoms with van der Waals surface area (Å²) < 4.78 is 5.16. The first-order valence-electron chi connectivity index (χ1n) is 7.39. The van der Waals surface area contributed by atoms with Crippen molar-refractivity contribution in [2.45, 2.75) is 52.7 Å². The van der Waals surface area contributed by atoms with Crippen LogP contribution in [0, 0.1) is 0 Å². The summed E-state index contributed by atoms with van der Waals surface area (Å²) in [6.45, 7) is 12.9. The monoisotopic (exact) mass is 313 g/mol. The third kappa shape index (κ3) is 6.20. The highest BCUT2D eigenvalue weighted by molar-refractivity contribution is 6.33. The molecule has 0 aliphatic heterocycles. The number of ether oxygens (including phenoxy) is 1. The lowest BCUT2D eigenvalue weighted by Crippen LogP contribution is -2.36. The van der Waals surface area contributed by atoms with Gasteiger partial charge < -0.3 is 15.0 Å². The molecule has 1 aromatic rings. The Morgan fingerprint density at radius 1 is 1.38 bits per heavy atom.